The van der Waals surface area contributed by atoms with Crippen LogP contribution in [0.4, 0.5) is 10.1 Å². The molecule has 1 N–H and O–H groups in total. The van der Waals surface area contributed by atoms with Crippen LogP contribution in [0.3, 0.4) is 0 Å². The molecule has 1 aromatic heterocycles. The van der Waals surface area contributed by atoms with Crippen LogP contribution in [0.25, 0.3) is 6.08 Å². The molecule has 4 aromatic carbocycles. The largest absolute Gasteiger partial charge is 0.497 e. The summed E-state index contributed by atoms with van der Waals surface area (Å²) in [5, 5.41) is 2.96. The normalized spacial score (nSPS) is 14.5. The molecule has 6 rings (SSSR count). The van der Waals surface area contributed by atoms with Crippen molar-refractivity contribution >= 4 is 29.0 Å². The first kappa shape index (κ1) is 28.8. The van der Waals surface area contributed by atoms with E-state index < -0.39 is 6.04 Å². The Morgan fingerprint density at radius 2 is 1.73 bits per heavy atom. The zero-order chi connectivity index (χ0) is 30.6. The van der Waals surface area contributed by atoms with Crippen molar-refractivity contribution in [1.29, 1.82) is 0 Å². The zero-order valence-corrected chi connectivity index (χ0v) is 24.8. The number of para-hydroxylation sites is 1. The highest BCUT2D eigenvalue weighted by molar-refractivity contribution is 7.07. The molecule has 1 amide bonds. The monoisotopic (exact) mass is 605 g/mol. The number of nitrogens with one attached hydrogen (secondary N) is 1. The number of hydrogen-bond donors (Lipinski definition) is 1. The molecule has 0 aliphatic carbocycles. The Labute approximate surface area is 256 Å². The van der Waals surface area contributed by atoms with Crippen molar-refractivity contribution < 1.29 is 18.7 Å². The van der Waals surface area contributed by atoms with Gasteiger partial charge in [-0.15, -0.1) is 0 Å². The van der Waals surface area contributed by atoms with E-state index in [0.717, 1.165) is 5.56 Å². The Balaban J connectivity index is 1.40. The summed E-state index contributed by atoms with van der Waals surface area (Å²) in [4.78, 5) is 33.0. The SMILES string of the molecule is COc1cccc([C@@H]2C(C(=O)Nc3ccccc3)=C(C)N=c3s/c(=C\c4cccc(OCc5ccccc5F)c4)c(=O)n32)c1. The molecular formula is C35H28FN3O4S. The number of nitrogens with zero attached hydrogens (tertiary/aromatic N) is 2. The van der Waals surface area contributed by atoms with Crippen molar-refractivity contribution in [2.45, 2.75) is 19.6 Å². The van der Waals surface area contributed by atoms with Gasteiger partial charge < -0.3 is 14.8 Å². The third-order valence-corrected chi connectivity index (χ3v) is 8.20. The number of rotatable bonds is 8. The standard InChI is InChI=1S/C35H28FN3O4S/c1-22-31(33(40)38-26-13-4-3-5-14-26)32(24-12-9-15-27(20-24)42-2)39-34(41)30(44-35(39)37-22)19-23-10-8-16-28(18-23)43-21-25-11-6-7-17-29(25)36/h3-20,32H,21H2,1-2H3,(H,38,40)/b30-19-/t32-/m1/s1. The summed E-state index contributed by atoms with van der Waals surface area (Å²) in [6.07, 6.45) is 1.77. The third-order valence-electron chi connectivity index (χ3n) is 7.22. The molecule has 1 aliphatic rings. The van der Waals surface area contributed by atoms with E-state index >= 15 is 0 Å². The van der Waals surface area contributed by atoms with Gasteiger partial charge in [0.15, 0.2) is 4.80 Å². The Morgan fingerprint density at radius 3 is 2.52 bits per heavy atom. The van der Waals surface area contributed by atoms with Gasteiger partial charge in [0.2, 0.25) is 0 Å². The lowest BCUT2D eigenvalue weighted by molar-refractivity contribution is -0.113. The van der Waals surface area contributed by atoms with E-state index in [2.05, 4.69) is 5.32 Å². The predicted molar refractivity (Wildman–Crippen MR) is 169 cm³/mol. The van der Waals surface area contributed by atoms with Crippen LogP contribution >= 0.6 is 11.3 Å². The molecule has 1 aliphatic heterocycles. The Hall–Kier alpha value is -5.28. The smallest absolute Gasteiger partial charge is 0.271 e. The summed E-state index contributed by atoms with van der Waals surface area (Å²) in [6, 6.07) is 29.5. The molecule has 220 valence electrons. The van der Waals surface area contributed by atoms with Crippen LogP contribution in [0, 0.1) is 5.82 Å². The summed E-state index contributed by atoms with van der Waals surface area (Å²) in [6.45, 7) is 1.85. The van der Waals surface area contributed by atoms with E-state index in [9.17, 15) is 14.0 Å². The van der Waals surface area contributed by atoms with Crippen LogP contribution in [0.5, 0.6) is 11.5 Å². The van der Waals surface area contributed by atoms with Gasteiger partial charge in [0, 0.05) is 11.3 Å². The number of halogens is 1. The van der Waals surface area contributed by atoms with E-state index in [1.807, 2.05) is 54.6 Å². The Bertz CT molecular complexity index is 2070. The lowest BCUT2D eigenvalue weighted by atomic mass is 9.95. The van der Waals surface area contributed by atoms with Crippen LogP contribution in [-0.2, 0) is 11.4 Å². The summed E-state index contributed by atoms with van der Waals surface area (Å²) >= 11 is 1.25. The molecule has 0 fully saturated rings. The minimum atomic E-state index is -0.734. The number of anilines is 1. The fourth-order valence-corrected chi connectivity index (χ4v) is 6.13. The fourth-order valence-electron chi connectivity index (χ4n) is 5.08. The highest BCUT2D eigenvalue weighted by atomic mass is 32.1. The molecule has 0 spiro atoms. The van der Waals surface area contributed by atoms with Gasteiger partial charge in [0.25, 0.3) is 11.5 Å². The molecule has 9 heteroatoms. The van der Waals surface area contributed by atoms with Gasteiger partial charge in [0.05, 0.1) is 29.0 Å². The maximum atomic E-state index is 14.1. The maximum absolute atomic E-state index is 14.1. The van der Waals surface area contributed by atoms with Crippen molar-refractivity contribution in [3.05, 3.63) is 157 Å². The minimum Gasteiger partial charge on any atom is -0.497 e. The van der Waals surface area contributed by atoms with E-state index in [-0.39, 0.29) is 23.9 Å². The molecule has 1 atom stereocenters. The Morgan fingerprint density at radius 1 is 0.977 bits per heavy atom. The molecule has 0 unspecified atom stereocenters. The number of thiazole rings is 1. The number of benzene rings is 4. The molecule has 7 nitrogen and oxygen atoms in total. The van der Waals surface area contributed by atoms with E-state index in [0.29, 0.717) is 48.9 Å². The number of aromatic nitrogens is 1. The van der Waals surface area contributed by atoms with Crippen molar-refractivity contribution in [3.8, 4) is 11.5 Å². The molecule has 0 bridgehead atoms. The van der Waals surface area contributed by atoms with Gasteiger partial charge in [-0.3, -0.25) is 14.2 Å². The number of carbonyl (C=O) groups excluding carboxylic acids is 1. The number of allylic oxidation sites excluding steroid dienone is 1. The summed E-state index contributed by atoms with van der Waals surface area (Å²) in [5.41, 5.74) is 3.14. The average Bonchev–Trinajstić information content (AvgIpc) is 3.34. The number of amides is 1. The van der Waals surface area contributed by atoms with Gasteiger partial charge in [-0.05, 0) is 66.6 Å². The molecule has 0 radical (unpaired) electrons. The Kier molecular flexibility index (Phi) is 8.21. The first-order valence-corrected chi connectivity index (χ1v) is 14.7. The van der Waals surface area contributed by atoms with Crippen LogP contribution < -0.4 is 29.7 Å². The van der Waals surface area contributed by atoms with Crippen molar-refractivity contribution in [1.82, 2.24) is 4.57 Å². The van der Waals surface area contributed by atoms with Gasteiger partial charge >= 0.3 is 0 Å². The van der Waals surface area contributed by atoms with Crippen LogP contribution in [0.15, 0.2) is 124 Å². The quantitative estimate of drug-likeness (QED) is 0.250. The first-order valence-electron chi connectivity index (χ1n) is 13.9. The average molecular weight is 606 g/mol. The summed E-state index contributed by atoms with van der Waals surface area (Å²) in [7, 11) is 1.57. The van der Waals surface area contributed by atoms with E-state index in [1.54, 1.807) is 67.1 Å². The van der Waals surface area contributed by atoms with Gasteiger partial charge in [-0.25, -0.2) is 9.38 Å². The first-order chi connectivity index (χ1) is 21.4. The lowest BCUT2D eigenvalue weighted by Gasteiger charge is -2.25. The second-order valence-electron chi connectivity index (χ2n) is 10.1. The third kappa shape index (κ3) is 5.95. The lowest BCUT2D eigenvalue weighted by Crippen LogP contribution is -2.40. The van der Waals surface area contributed by atoms with Crippen LogP contribution in [0.1, 0.15) is 29.7 Å². The van der Waals surface area contributed by atoms with Gasteiger partial charge in [-0.2, -0.15) is 0 Å². The minimum absolute atomic E-state index is 0.0753. The summed E-state index contributed by atoms with van der Waals surface area (Å²) < 4.78 is 27.4. The number of fused-ring (bicyclic) bond motifs is 1. The number of hydrogen-bond acceptors (Lipinski definition) is 6. The van der Waals surface area contributed by atoms with Crippen molar-refractivity contribution in [3.63, 3.8) is 0 Å². The van der Waals surface area contributed by atoms with E-state index in [1.165, 1.54) is 17.4 Å². The van der Waals surface area contributed by atoms with Crippen LogP contribution in [-0.4, -0.2) is 17.6 Å². The van der Waals surface area contributed by atoms with E-state index in [4.69, 9.17) is 14.5 Å². The number of carbonyl (C=O) groups is 1. The highest BCUT2D eigenvalue weighted by Gasteiger charge is 2.32. The van der Waals surface area contributed by atoms with Crippen molar-refractivity contribution in [2.24, 2.45) is 4.99 Å². The molecule has 0 saturated carbocycles. The molecular weight excluding hydrogens is 577 g/mol. The number of ether oxygens (including phenoxy) is 2. The molecule has 5 aromatic rings. The van der Waals surface area contributed by atoms with Gasteiger partial charge in [-0.1, -0.05) is 72.0 Å². The second kappa shape index (κ2) is 12.5. The summed E-state index contributed by atoms with van der Waals surface area (Å²) in [5.74, 6) is 0.468. The van der Waals surface area contributed by atoms with Crippen molar-refractivity contribution in [2.75, 3.05) is 12.4 Å². The second-order valence-corrected chi connectivity index (χ2v) is 11.1. The molecule has 0 saturated heterocycles. The van der Waals surface area contributed by atoms with Crippen LogP contribution in [0.2, 0.25) is 0 Å². The molecule has 44 heavy (non-hydrogen) atoms. The fraction of sp³-hybridized carbons (Fsp3) is 0.114. The van der Waals surface area contributed by atoms with Gasteiger partial charge in [0.1, 0.15) is 23.9 Å². The predicted octanol–water partition coefficient (Wildman–Crippen LogP) is 5.60. The zero-order valence-electron chi connectivity index (χ0n) is 24.0. The molecule has 2 heterocycles. The highest BCUT2D eigenvalue weighted by Crippen LogP contribution is 2.32. The number of methoxy groups -OCH3 is 1. The topological polar surface area (TPSA) is 81.9 Å². The maximum Gasteiger partial charge on any atom is 0.271 e.